The number of hydrogen-bond acceptors (Lipinski definition) is 3. The standard InChI is InChI=1S/C13H21N3O2/c1-8-9(2)15-16(10(8)3)11-5-6-13(7-11,14-4)12(17)18/h11,14H,5-7H2,1-4H3,(H,17,18). The molecule has 5 heteroatoms. The molecule has 2 N–H and O–H groups in total. The molecule has 1 saturated carbocycles. The van der Waals surface area contributed by atoms with Gasteiger partial charge in [-0.05, 0) is 52.6 Å². The van der Waals surface area contributed by atoms with Gasteiger partial charge >= 0.3 is 5.97 Å². The average molecular weight is 251 g/mol. The molecule has 100 valence electrons. The van der Waals surface area contributed by atoms with Crippen LogP contribution in [0.5, 0.6) is 0 Å². The van der Waals surface area contributed by atoms with Crippen LogP contribution in [0.15, 0.2) is 0 Å². The zero-order valence-corrected chi connectivity index (χ0v) is 11.4. The van der Waals surface area contributed by atoms with Gasteiger partial charge in [0.25, 0.3) is 0 Å². The predicted molar refractivity (Wildman–Crippen MR) is 68.8 cm³/mol. The highest BCUT2D eigenvalue weighted by atomic mass is 16.4. The highest BCUT2D eigenvalue weighted by Crippen LogP contribution is 2.38. The number of likely N-dealkylation sites (N-methyl/N-ethyl adjacent to an activating group) is 1. The first-order valence-corrected chi connectivity index (χ1v) is 6.36. The fourth-order valence-corrected chi connectivity index (χ4v) is 2.86. The maximum absolute atomic E-state index is 11.4. The van der Waals surface area contributed by atoms with Crippen molar-refractivity contribution in [1.29, 1.82) is 0 Å². The molecule has 2 unspecified atom stereocenters. The maximum Gasteiger partial charge on any atom is 0.323 e. The molecule has 18 heavy (non-hydrogen) atoms. The van der Waals surface area contributed by atoms with Crippen LogP contribution in [0.25, 0.3) is 0 Å². The number of carbonyl (C=O) groups is 1. The molecule has 0 saturated heterocycles. The van der Waals surface area contributed by atoms with Gasteiger partial charge in [0.05, 0.1) is 11.7 Å². The SMILES string of the molecule is CNC1(C(=O)O)CCC(n2nc(C)c(C)c2C)C1. The molecule has 0 spiro atoms. The Bertz CT molecular complexity index is 481. The van der Waals surface area contributed by atoms with E-state index in [4.69, 9.17) is 0 Å². The molecular weight excluding hydrogens is 230 g/mol. The monoisotopic (exact) mass is 251 g/mol. The maximum atomic E-state index is 11.4. The lowest BCUT2D eigenvalue weighted by molar-refractivity contribution is -0.144. The molecule has 2 atom stereocenters. The Morgan fingerprint density at radius 1 is 1.50 bits per heavy atom. The lowest BCUT2D eigenvalue weighted by atomic mass is 9.98. The minimum absolute atomic E-state index is 0.181. The number of rotatable bonds is 3. The van der Waals surface area contributed by atoms with Crippen molar-refractivity contribution in [2.75, 3.05) is 7.05 Å². The van der Waals surface area contributed by atoms with E-state index in [1.54, 1.807) is 7.05 Å². The van der Waals surface area contributed by atoms with Gasteiger partial charge in [0, 0.05) is 5.69 Å². The molecule has 1 aliphatic carbocycles. The number of aliphatic carboxylic acids is 1. The number of aryl methyl sites for hydroxylation is 1. The van der Waals surface area contributed by atoms with Gasteiger partial charge in [-0.1, -0.05) is 0 Å². The fourth-order valence-electron chi connectivity index (χ4n) is 2.86. The highest BCUT2D eigenvalue weighted by Gasteiger charge is 2.45. The normalized spacial score (nSPS) is 27.7. The van der Waals surface area contributed by atoms with Gasteiger partial charge < -0.3 is 10.4 Å². The van der Waals surface area contributed by atoms with Crippen molar-refractivity contribution in [2.24, 2.45) is 0 Å². The Balaban J connectivity index is 2.28. The summed E-state index contributed by atoms with van der Waals surface area (Å²) in [5.41, 5.74) is 2.59. The smallest absolute Gasteiger partial charge is 0.323 e. The Morgan fingerprint density at radius 3 is 2.56 bits per heavy atom. The molecule has 2 rings (SSSR count). The molecule has 0 bridgehead atoms. The second-order valence-corrected chi connectivity index (χ2v) is 5.27. The van der Waals surface area contributed by atoms with Crippen LogP contribution in [0.4, 0.5) is 0 Å². The Labute approximate surface area is 107 Å². The van der Waals surface area contributed by atoms with Gasteiger partial charge in [-0.15, -0.1) is 0 Å². The summed E-state index contributed by atoms with van der Waals surface area (Å²) in [4.78, 5) is 11.4. The molecule has 1 fully saturated rings. The number of carboxylic acid groups (broad SMARTS) is 1. The number of carboxylic acids is 1. The topological polar surface area (TPSA) is 67.2 Å². The summed E-state index contributed by atoms with van der Waals surface area (Å²) in [6, 6.07) is 0.181. The highest BCUT2D eigenvalue weighted by molar-refractivity contribution is 5.79. The first kappa shape index (κ1) is 13.1. The first-order chi connectivity index (χ1) is 8.41. The fraction of sp³-hybridized carbons (Fsp3) is 0.692. The average Bonchev–Trinajstić information content (AvgIpc) is 2.88. The van der Waals surface area contributed by atoms with E-state index in [9.17, 15) is 9.90 Å². The molecule has 0 aromatic carbocycles. The van der Waals surface area contributed by atoms with Gasteiger partial charge in [0.2, 0.25) is 0 Å². The van der Waals surface area contributed by atoms with E-state index < -0.39 is 11.5 Å². The lowest BCUT2D eigenvalue weighted by Crippen LogP contribution is -2.48. The van der Waals surface area contributed by atoms with Gasteiger partial charge in [-0.2, -0.15) is 5.10 Å². The largest absolute Gasteiger partial charge is 0.480 e. The zero-order chi connectivity index (χ0) is 13.5. The minimum atomic E-state index is -0.787. The summed E-state index contributed by atoms with van der Waals surface area (Å²) < 4.78 is 2.01. The van der Waals surface area contributed by atoms with Crippen LogP contribution in [0, 0.1) is 20.8 Å². The second kappa shape index (κ2) is 4.39. The zero-order valence-electron chi connectivity index (χ0n) is 11.4. The summed E-state index contributed by atoms with van der Waals surface area (Å²) in [5, 5.41) is 16.9. The van der Waals surface area contributed by atoms with Gasteiger partial charge in [-0.3, -0.25) is 9.48 Å². The number of aromatic nitrogens is 2. The molecule has 1 aromatic heterocycles. The quantitative estimate of drug-likeness (QED) is 0.856. The van der Waals surface area contributed by atoms with Crippen LogP contribution in [0.3, 0.4) is 0 Å². The molecule has 0 amide bonds. The predicted octanol–water partition coefficient (Wildman–Crippen LogP) is 1.58. The van der Waals surface area contributed by atoms with Crippen LogP contribution >= 0.6 is 0 Å². The Hall–Kier alpha value is -1.36. The third-order valence-electron chi connectivity index (χ3n) is 4.41. The molecule has 1 aromatic rings. The Morgan fingerprint density at radius 2 is 2.17 bits per heavy atom. The van der Waals surface area contributed by atoms with Gasteiger partial charge in [0.1, 0.15) is 5.54 Å². The molecule has 1 aliphatic rings. The van der Waals surface area contributed by atoms with Crippen molar-refractivity contribution in [1.82, 2.24) is 15.1 Å². The van der Waals surface area contributed by atoms with Gasteiger partial charge in [-0.25, -0.2) is 0 Å². The molecular formula is C13H21N3O2. The van der Waals surface area contributed by atoms with Crippen LogP contribution < -0.4 is 5.32 Å². The van der Waals surface area contributed by atoms with E-state index >= 15 is 0 Å². The molecule has 1 heterocycles. The summed E-state index contributed by atoms with van der Waals surface area (Å²) in [7, 11) is 1.73. The third kappa shape index (κ3) is 1.82. The number of hydrogen-bond donors (Lipinski definition) is 2. The summed E-state index contributed by atoms with van der Waals surface area (Å²) >= 11 is 0. The first-order valence-electron chi connectivity index (χ1n) is 6.36. The molecule has 5 nitrogen and oxygen atoms in total. The minimum Gasteiger partial charge on any atom is -0.480 e. The van der Waals surface area contributed by atoms with E-state index in [1.807, 2.05) is 11.6 Å². The van der Waals surface area contributed by atoms with E-state index in [1.165, 1.54) is 5.56 Å². The van der Waals surface area contributed by atoms with Crippen molar-refractivity contribution in [3.63, 3.8) is 0 Å². The summed E-state index contributed by atoms with van der Waals surface area (Å²) in [6.07, 6.45) is 2.11. The van der Waals surface area contributed by atoms with Crippen molar-refractivity contribution < 1.29 is 9.90 Å². The summed E-state index contributed by atoms with van der Waals surface area (Å²) in [6.45, 7) is 6.11. The van der Waals surface area contributed by atoms with Crippen molar-refractivity contribution >= 4 is 5.97 Å². The van der Waals surface area contributed by atoms with Crippen LogP contribution in [0.1, 0.15) is 42.3 Å². The number of nitrogens with zero attached hydrogens (tertiary/aromatic N) is 2. The molecule has 0 radical (unpaired) electrons. The lowest BCUT2D eigenvalue weighted by Gasteiger charge is -2.23. The van der Waals surface area contributed by atoms with Gasteiger partial charge in [0.15, 0.2) is 0 Å². The summed E-state index contributed by atoms with van der Waals surface area (Å²) in [5.74, 6) is -0.759. The number of nitrogens with one attached hydrogen (secondary N) is 1. The van der Waals surface area contributed by atoms with Crippen molar-refractivity contribution in [2.45, 2.75) is 51.6 Å². The third-order valence-corrected chi connectivity index (χ3v) is 4.41. The van der Waals surface area contributed by atoms with E-state index in [-0.39, 0.29) is 6.04 Å². The van der Waals surface area contributed by atoms with Crippen molar-refractivity contribution in [3.05, 3.63) is 17.0 Å². The van der Waals surface area contributed by atoms with Crippen LogP contribution in [-0.2, 0) is 4.79 Å². The van der Waals surface area contributed by atoms with E-state index in [0.29, 0.717) is 12.8 Å². The van der Waals surface area contributed by atoms with E-state index in [0.717, 1.165) is 17.8 Å². The molecule has 0 aliphatic heterocycles. The van der Waals surface area contributed by atoms with Crippen LogP contribution in [0.2, 0.25) is 0 Å². The van der Waals surface area contributed by atoms with E-state index in [2.05, 4.69) is 24.3 Å². The second-order valence-electron chi connectivity index (χ2n) is 5.27. The van der Waals surface area contributed by atoms with Crippen LogP contribution in [-0.4, -0.2) is 33.4 Å². The Kier molecular flexibility index (Phi) is 3.19. The van der Waals surface area contributed by atoms with Crippen molar-refractivity contribution in [3.8, 4) is 0 Å².